The molecule has 0 spiro atoms. The number of carbonyl (C=O) groups is 1. The van der Waals surface area contributed by atoms with Crippen LogP contribution in [0.5, 0.6) is 0 Å². The predicted octanol–water partition coefficient (Wildman–Crippen LogP) is 3.57. The minimum atomic E-state index is 0.0958. The van der Waals surface area contributed by atoms with Gasteiger partial charge in [0.2, 0.25) is 5.91 Å². The van der Waals surface area contributed by atoms with Gasteiger partial charge in [-0.3, -0.25) is 4.79 Å². The minimum absolute atomic E-state index is 0.0958. The van der Waals surface area contributed by atoms with Gasteiger partial charge >= 0.3 is 0 Å². The lowest BCUT2D eigenvalue weighted by Gasteiger charge is -2.33. The summed E-state index contributed by atoms with van der Waals surface area (Å²) >= 11 is 0. The molecule has 1 aliphatic rings. The fourth-order valence-electron chi connectivity index (χ4n) is 3.71. The molecule has 4 heteroatoms. The lowest BCUT2D eigenvalue weighted by molar-refractivity contribution is -0.134. The first kappa shape index (κ1) is 19.6. The average molecular weight is 367 g/mol. The van der Waals surface area contributed by atoms with Crippen LogP contribution in [0, 0.1) is 0 Å². The molecule has 1 amide bonds. The van der Waals surface area contributed by atoms with Crippen LogP contribution in [0.2, 0.25) is 0 Å². The van der Waals surface area contributed by atoms with Gasteiger partial charge in [0.1, 0.15) is 0 Å². The summed E-state index contributed by atoms with van der Waals surface area (Å²) in [6.07, 6.45) is 3.50. The number of carbonyl (C=O) groups excluding carboxylic acids is 1. The van der Waals surface area contributed by atoms with E-state index in [2.05, 4.69) is 24.3 Å². The van der Waals surface area contributed by atoms with E-state index in [1.807, 2.05) is 41.3 Å². The summed E-state index contributed by atoms with van der Waals surface area (Å²) in [7, 11) is 0. The van der Waals surface area contributed by atoms with E-state index in [4.69, 9.17) is 10.5 Å². The summed E-state index contributed by atoms with van der Waals surface area (Å²) in [4.78, 5) is 15.0. The lowest BCUT2D eigenvalue weighted by Crippen LogP contribution is -2.41. The SMILES string of the molecule is NCCCOC1CCN(C(=O)CC(c2ccccc2)c2ccccc2)CC1. The molecule has 0 atom stereocenters. The van der Waals surface area contributed by atoms with Crippen molar-refractivity contribution in [3.05, 3.63) is 71.8 Å². The first-order valence-electron chi connectivity index (χ1n) is 9.97. The summed E-state index contributed by atoms with van der Waals surface area (Å²) in [5.41, 5.74) is 7.90. The Kier molecular flexibility index (Phi) is 7.43. The zero-order valence-corrected chi connectivity index (χ0v) is 15.9. The Bertz CT molecular complexity index is 643. The average Bonchev–Trinajstić information content (AvgIpc) is 2.74. The van der Waals surface area contributed by atoms with Crippen LogP contribution in [-0.4, -0.2) is 43.2 Å². The molecule has 0 saturated carbocycles. The fourth-order valence-corrected chi connectivity index (χ4v) is 3.71. The molecule has 2 aromatic rings. The molecule has 0 bridgehead atoms. The quantitative estimate of drug-likeness (QED) is 0.727. The van der Waals surface area contributed by atoms with Gasteiger partial charge in [-0.05, 0) is 36.9 Å². The summed E-state index contributed by atoms with van der Waals surface area (Å²) in [5.74, 6) is 0.326. The summed E-state index contributed by atoms with van der Waals surface area (Å²) < 4.78 is 5.85. The summed E-state index contributed by atoms with van der Waals surface area (Å²) in [5, 5.41) is 0. The second-order valence-electron chi connectivity index (χ2n) is 7.17. The van der Waals surface area contributed by atoms with Crippen LogP contribution in [0.1, 0.15) is 42.7 Å². The number of hydrogen-bond donors (Lipinski definition) is 1. The van der Waals surface area contributed by atoms with Gasteiger partial charge in [-0.25, -0.2) is 0 Å². The third-order valence-corrected chi connectivity index (χ3v) is 5.28. The van der Waals surface area contributed by atoms with Crippen molar-refractivity contribution in [2.24, 2.45) is 5.73 Å². The van der Waals surface area contributed by atoms with Gasteiger partial charge in [-0.2, -0.15) is 0 Å². The van der Waals surface area contributed by atoms with Gasteiger partial charge in [0, 0.05) is 32.0 Å². The van der Waals surface area contributed by atoms with Crippen molar-refractivity contribution in [3.8, 4) is 0 Å². The van der Waals surface area contributed by atoms with Crippen LogP contribution in [0.25, 0.3) is 0 Å². The molecule has 0 aromatic heterocycles. The molecule has 2 aromatic carbocycles. The maximum Gasteiger partial charge on any atom is 0.223 e. The topological polar surface area (TPSA) is 55.6 Å². The Morgan fingerprint density at radius 3 is 2.07 bits per heavy atom. The Hall–Kier alpha value is -2.17. The molecular weight excluding hydrogens is 336 g/mol. The van der Waals surface area contributed by atoms with Crippen LogP contribution in [0.4, 0.5) is 0 Å². The van der Waals surface area contributed by atoms with Crippen LogP contribution >= 0.6 is 0 Å². The second kappa shape index (κ2) is 10.2. The number of benzene rings is 2. The number of piperidine rings is 1. The number of nitrogens with zero attached hydrogens (tertiary/aromatic N) is 1. The Labute approximate surface area is 162 Å². The van der Waals surface area contributed by atoms with Crippen LogP contribution < -0.4 is 5.73 Å². The van der Waals surface area contributed by atoms with Crippen molar-refractivity contribution >= 4 is 5.91 Å². The van der Waals surface area contributed by atoms with Gasteiger partial charge in [0.05, 0.1) is 6.10 Å². The van der Waals surface area contributed by atoms with Crippen LogP contribution in [0.3, 0.4) is 0 Å². The predicted molar refractivity (Wildman–Crippen MR) is 109 cm³/mol. The molecule has 3 rings (SSSR count). The first-order valence-corrected chi connectivity index (χ1v) is 9.97. The Morgan fingerprint density at radius 1 is 1.00 bits per heavy atom. The first-order chi connectivity index (χ1) is 13.3. The molecule has 0 aliphatic carbocycles. The zero-order chi connectivity index (χ0) is 18.9. The van der Waals surface area contributed by atoms with Gasteiger partial charge in [0.15, 0.2) is 0 Å². The van der Waals surface area contributed by atoms with E-state index in [0.29, 0.717) is 13.0 Å². The standard InChI is InChI=1S/C23H30N2O2/c24-14-7-17-27-21-12-15-25(16-13-21)23(26)18-22(19-8-3-1-4-9-19)20-10-5-2-6-11-20/h1-6,8-11,21-22H,7,12-18,24H2. The molecular formula is C23H30N2O2. The van der Waals surface area contributed by atoms with Crippen LogP contribution in [-0.2, 0) is 9.53 Å². The van der Waals surface area contributed by atoms with Crippen LogP contribution in [0.15, 0.2) is 60.7 Å². The molecule has 2 N–H and O–H groups in total. The highest BCUT2D eigenvalue weighted by Gasteiger charge is 2.26. The smallest absolute Gasteiger partial charge is 0.223 e. The molecule has 1 heterocycles. The van der Waals surface area contributed by atoms with E-state index in [9.17, 15) is 4.79 Å². The van der Waals surface area contributed by atoms with Crippen molar-refractivity contribution in [1.29, 1.82) is 0 Å². The van der Waals surface area contributed by atoms with Gasteiger partial charge in [-0.15, -0.1) is 0 Å². The number of nitrogens with two attached hydrogens (primary N) is 1. The number of amides is 1. The number of likely N-dealkylation sites (tertiary alicyclic amines) is 1. The fraction of sp³-hybridized carbons (Fsp3) is 0.435. The van der Waals surface area contributed by atoms with Crippen molar-refractivity contribution in [2.75, 3.05) is 26.2 Å². The number of rotatable bonds is 8. The summed E-state index contributed by atoms with van der Waals surface area (Å²) in [6, 6.07) is 20.7. The molecule has 27 heavy (non-hydrogen) atoms. The lowest BCUT2D eigenvalue weighted by atomic mass is 9.88. The van der Waals surface area contributed by atoms with E-state index < -0.39 is 0 Å². The zero-order valence-electron chi connectivity index (χ0n) is 15.9. The maximum atomic E-state index is 13.0. The molecule has 1 saturated heterocycles. The normalized spacial score (nSPS) is 15.3. The van der Waals surface area contributed by atoms with Crippen molar-refractivity contribution < 1.29 is 9.53 Å². The van der Waals surface area contributed by atoms with Crippen molar-refractivity contribution in [3.63, 3.8) is 0 Å². The number of hydrogen-bond acceptors (Lipinski definition) is 3. The highest BCUT2D eigenvalue weighted by atomic mass is 16.5. The van der Waals surface area contributed by atoms with E-state index >= 15 is 0 Å². The van der Waals surface area contributed by atoms with Crippen molar-refractivity contribution in [2.45, 2.75) is 37.7 Å². The minimum Gasteiger partial charge on any atom is -0.378 e. The Morgan fingerprint density at radius 2 is 1.56 bits per heavy atom. The van der Waals surface area contributed by atoms with Gasteiger partial charge < -0.3 is 15.4 Å². The van der Waals surface area contributed by atoms with Gasteiger partial charge in [0.25, 0.3) is 0 Å². The molecule has 0 unspecified atom stereocenters. The third kappa shape index (κ3) is 5.65. The molecule has 4 nitrogen and oxygen atoms in total. The monoisotopic (exact) mass is 366 g/mol. The summed E-state index contributed by atoms with van der Waals surface area (Å²) in [6.45, 7) is 2.95. The number of ether oxygens (including phenoxy) is 1. The highest BCUT2D eigenvalue weighted by Crippen LogP contribution is 2.29. The Balaban J connectivity index is 1.61. The van der Waals surface area contributed by atoms with E-state index in [1.54, 1.807) is 0 Å². The maximum absolute atomic E-state index is 13.0. The molecule has 1 aliphatic heterocycles. The highest BCUT2D eigenvalue weighted by molar-refractivity contribution is 5.78. The second-order valence-corrected chi connectivity index (χ2v) is 7.17. The van der Waals surface area contributed by atoms with Crippen molar-refractivity contribution in [1.82, 2.24) is 4.90 Å². The van der Waals surface area contributed by atoms with E-state index in [0.717, 1.165) is 39.0 Å². The van der Waals surface area contributed by atoms with E-state index in [-0.39, 0.29) is 17.9 Å². The largest absolute Gasteiger partial charge is 0.378 e. The molecule has 144 valence electrons. The molecule has 1 fully saturated rings. The third-order valence-electron chi connectivity index (χ3n) is 5.28. The molecule has 0 radical (unpaired) electrons. The van der Waals surface area contributed by atoms with E-state index in [1.165, 1.54) is 11.1 Å². The van der Waals surface area contributed by atoms with Gasteiger partial charge in [-0.1, -0.05) is 60.7 Å².